The second kappa shape index (κ2) is 5.90. The Morgan fingerprint density at radius 3 is 1.86 bits per heavy atom. The summed E-state index contributed by atoms with van der Waals surface area (Å²) in [6.07, 6.45) is 0.798. The standard InChI is InChI=1S/C19H14FNO/c1-13-2-4-15(5-3-13)18-10-14(12-22)11-19(21-18)16-6-8-17(20)9-7-16/h2-12H,1H3. The molecule has 108 valence electrons. The summed E-state index contributed by atoms with van der Waals surface area (Å²) in [6.45, 7) is 2.02. The van der Waals surface area contributed by atoms with Gasteiger partial charge < -0.3 is 0 Å². The summed E-state index contributed by atoms with van der Waals surface area (Å²) in [5, 5.41) is 0. The van der Waals surface area contributed by atoms with Crippen LogP contribution in [0.3, 0.4) is 0 Å². The molecule has 0 unspecified atom stereocenters. The van der Waals surface area contributed by atoms with Crippen molar-refractivity contribution in [2.45, 2.75) is 6.92 Å². The molecule has 1 heterocycles. The van der Waals surface area contributed by atoms with Gasteiger partial charge in [-0.3, -0.25) is 4.79 Å². The van der Waals surface area contributed by atoms with E-state index in [9.17, 15) is 9.18 Å². The third kappa shape index (κ3) is 2.93. The Kier molecular flexibility index (Phi) is 3.79. The van der Waals surface area contributed by atoms with Gasteiger partial charge in [0.1, 0.15) is 12.1 Å². The molecule has 0 fully saturated rings. The van der Waals surface area contributed by atoms with Gasteiger partial charge in [-0.15, -0.1) is 0 Å². The first-order chi connectivity index (χ1) is 10.7. The van der Waals surface area contributed by atoms with Crippen molar-refractivity contribution in [3.63, 3.8) is 0 Å². The Labute approximate surface area is 128 Å². The van der Waals surface area contributed by atoms with Crippen molar-refractivity contribution in [3.05, 3.63) is 77.6 Å². The molecule has 3 heteroatoms. The van der Waals surface area contributed by atoms with Crippen LogP contribution in [0.2, 0.25) is 0 Å². The summed E-state index contributed by atoms with van der Waals surface area (Å²) >= 11 is 0. The van der Waals surface area contributed by atoms with Crippen LogP contribution in [0.4, 0.5) is 4.39 Å². The molecular formula is C19H14FNO. The van der Waals surface area contributed by atoms with Gasteiger partial charge in [-0.05, 0) is 43.3 Å². The normalized spacial score (nSPS) is 10.5. The monoisotopic (exact) mass is 291 g/mol. The molecule has 3 aromatic rings. The summed E-state index contributed by atoms with van der Waals surface area (Å²) < 4.78 is 13.1. The third-order valence-corrected chi connectivity index (χ3v) is 3.47. The van der Waals surface area contributed by atoms with Gasteiger partial charge in [-0.1, -0.05) is 29.8 Å². The second-order valence-electron chi connectivity index (χ2n) is 5.16. The maximum atomic E-state index is 13.1. The fourth-order valence-electron chi connectivity index (χ4n) is 2.26. The lowest BCUT2D eigenvalue weighted by molar-refractivity contribution is 0.112. The minimum atomic E-state index is -0.297. The lowest BCUT2D eigenvalue weighted by atomic mass is 10.0. The van der Waals surface area contributed by atoms with Gasteiger partial charge in [0, 0.05) is 16.7 Å². The first-order valence-electron chi connectivity index (χ1n) is 6.96. The fourth-order valence-corrected chi connectivity index (χ4v) is 2.26. The van der Waals surface area contributed by atoms with E-state index in [1.54, 1.807) is 24.3 Å². The number of aromatic nitrogens is 1. The van der Waals surface area contributed by atoms with Gasteiger partial charge in [-0.2, -0.15) is 0 Å². The van der Waals surface area contributed by atoms with Crippen LogP contribution in [0.1, 0.15) is 15.9 Å². The lowest BCUT2D eigenvalue weighted by Gasteiger charge is -2.07. The van der Waals surface area contributed by atoms with Crippen LogP contribution in [0.5, 0.6) is 0 Å². The SMILES string of the molecule is Cc1ccc(-c2cc(C=O)cc(-c3ccc(F)cc3)n2)cc1. The summed E-state index contributed by atoms with van der Waals surface area (Å²) in [5.41, 5.74) is 4.80. The van der Waals surface area contributed by atoms with Crippen LogP contribution in [0.15, 0.2) is 60.7 Å². The summed E-state index contributed by atoms with van der Waals surface area (Å²) in [4.78, 5) is 15.8. The van der Waals surface area contributed by atoms with E-state index in [0.29, 0.717) is 11.3 Å². The number of pyridine rings is 1. The van der Waals surface area contributed by atoms with Crippen LogP contribution in [0.25, 0.3) is 22.5 Å². The number of aldehydes is 1. The molecule has 0 radical (unpaired) electrons. The van der Waals surface area contributed by atoms with Gasteiger partial charge in [0.2, 0.25) is 0 Å². The largest absolute Gasteiger partial charge is 0.298 e. The summed E-state index contributed by atoms with van der Waals surface area (Å²) in [6, 6.07) is 17.5. The van der Waals surface area contributed by atoms with Crippen molar-refractivity contribution >= 4 is 6.29 Å². The van der Waals surface area contributed by atoms with Crippen molar-refractivity contribution in [2.75, 3.05) is 0 Å². The zero-order valence-corrected chi connectivity index (χ0v) is 12.1. The van der Waals surface area contributed by atoms with Crippen LogP contribution in [-0.2, 0) is 0 Å². The Bertz CT molecular complexity index is 744. The lowest BCUT2D eigenvalue weighted by Crippen LogP contribution is -1.92. The Morgan fingerprint density at radius 1 is 0.864 bits per heavy atom. The van der Waals surface area contributed by atoms with Gasteiger partial charge in [0.15, 0.2) is 0 Å². The first kappa shape index (κ1) is 14.1. The number of hydrogen-bond acceptors (Lipinski definition) is 2. The van der Waals surface area contributed by atoms with E-state index in [1.807, 2.05) is 31.2 Å². The average Bonchev–Trinajstić information content (AvgIpc) is 2.55. The van der Waals surface area contributed by atoms with E-state index in [1.165, 1.54) is 12.1 Å². The van der Waals surface area contributed by atoms with E-state index >= 15 is 0 Å². The van der Waals surface area contributed by atoms with E-state index in [2.05, 4.69) is 4.98 Å². The highest BCUT2D eigenvalue weighted by atomic mass is 19.1. The minimum absolute atomic E-state index is 0.297. The Balaban J connectivity index is 2.12. The van der Waals surface area contributed by atoms with Gasteiger partial charge >= 0.3 is 0 Å². The maximum absolute atomic E-state index is 13.1. The topological polar surface area (TPSA) is 30.0 Å². The highest BCUT2D eigenvalue weighted by Crippen LogP contribution is 2.24. The van der Waals surface area contributed by atoms with Crippen molar-refractivity contribution < 1.29 is 9.18 Å². The van der Waals surface area contributed by atoms with Gasteiger partial charge in [0.25, 0.3) is 0 Å². The number of carbonyl (C=O) groups excluding carboxylic acids is 1. The average molecular weight is 291 g/mol. The van der Waals surface area contributed by atoms with Crippen LogP contribution in [0, 0.1) is 12.7 Å². The van der Waals surface area contributed by atoms with Crippen molar-refractivity contribution in [1.82, 2.24) is 4.98 Å². The summed E-state index contributed by atoms with van der Waals surface area (Å²) in [7, 11) is 0. The zero-order chi connectivity index (χ0) is 15.5. The molecule has 0 aliphatic rings. The fraction of sp³-hybridized carbons (Fsp3) is 0.0526. The van der Waals surface area contributed by atoms with Gasteiger partial charge in [-0.25, -0.2) is 9.37 Å². The number of nitrogens with zero attached hydrogens (tertiary/aromatic N) is 1. The smallest absolute Gasteiger partial charge is 0.150 e. The maximum Gasteiger partial charge on any atom is 0.150 e. The van der Waals surface area contributed by atoms with E-state index in [0.717, 1.165) is 28.7 Å². The molecule has 0 atom stereocenters. The van der Waals surface area contributed by atoms with Crippen molar-refractivity contribution in [1.29, 1.82) is 0 Å². The molecule has 0 spiro atoms. The van der Waals surface area contributed by atoms with Crippen molar-refractivity contribution in [2.24, 2.45) is 0 Å². The molecule has 0 N–H and O–H groups in total. The molecule has 0 bridgehead atoms. The second-order valence-corrected chi connectivity index (χ2v) is 5.16. The minimum Gasteiger partial charge on any atom is -0.298 e. The number of aryl methyl sites for hydroxylation is 1. The van der Waals surface area contributed by atoms with E-state index < -0.39 is 0 Å². The molecule has 0 aliphatic carbocycles. The quantitative estimate of drug-likeness (QED) is 0.656. The Hall–Kier alpha value is -2.81. The number of halogens is 1. The Morgan fingerprint density at radius 2 is 1.36 bits per heavy atom. The van der Waals surface area contributed by atoms with Crippen LogP contribution >= 0.6 is 0 Å². The highest BCUT2D eigenvalue weighted by molar-refractivity contribution is 5.81. The molecule has 0 saturated heterocycles. The molecular weight excluding hydrogens is 277 g/mol. The number of benzene rings is 2. The van der Waals surface area contributed by atoms with E-state index in [4.69, 9.17) is 0 Å². The molecule has 22 heavy (non-hydrogen) atoms. The molecule has 0 saturated carbocycles. The number of rotatable bonds is 3. The number of carbonyl (C=O) groups is 1. The predicted molar refractivity (Wildman–Crippen MR) is 85.2 cm³/mol. The molecule has 0 amide bonds. The van der Waals surface area contributed by atoms with Crippen LogP contribution < -0.4 is 0 Å². The van der Waals surface area contributed by atoms with Gasteiger partial charge in [0.05, 0.1) is 11.4 Å². The highest BCUT2D eigenvalue weighted by Gasteiger charge is 2.07. The zero-order valence-electron chi connectivity index (χ0n) is 12.1. The molecule has 1 aromatic heterocycles. The molecule has 2 nitrogen and oxygen atoms in total. The molecule has 0 aliphatic heterocycles. The van der Waals surface area contributed by atoms with Crippen LogP contribution in [-0.4, -0.2) is 11.3 Å². The molecule has 3 rings (SSSR count). The third-order valence-electron chi connectivity index (χ3n) is 3.47. The predicted octanol–water partition coefficient (Wildman–Crippen LogP) is 4.68. The number of hydrogen-bond donors (Lipinski definition) is 0. The van der Waals surface area contributed by atoms with Crippen molar-refractivity contribution in [3.8, 4) is 22.5 Å². The summed E-state index contributed by atoms with van der Waals surface area (Å²) in [5.74, 6) is -0.297. The molecule has 2 aromatic carbocycles. The first-order valence-corrected chi connectivity index (χ1v) is 6.96. The van der Waals surface area contributed by atoms with E-state index in [-0.39, 0.29) is 5.82 Å².